The molecular formula is C37H27ClFN3O5S. The molecule has 1 aliphatic rings. The van der Waals surface area contributed by atoms with Crippen LogP contribution in [0.2, 0.25) is 5.02 Å². The molecule has 48 heavy (non-hydrogen) atoms. The lowest BCUT2D eigenvalue weighted by molar-refractivity contribution is -0.116. The molecule has 0 saturated heterocycles. The molecule has 0 spiro atoms. The van der Waals surface area contributed by atoms with E-state index in [0.717, 1.165) is 5.56 Å². The van der Waals surface area contributed by atoms with Gasteiger partial charge in [0.15, 0.2) is 11.5 Å². The Hall–Kier alpha value is -5.58. The number of halogens is 2. The van der Waals surface area contributed by atoms with Crippen LogP contribution in [0.3, 0.4) is 0 Å². The highest BCUT2D eigenvalue weighted by atomic mass is 35.5. The third-order valence-corrected chi connectivity index (χ3v) is 8.72. The number of thioether (sulfide) groups is 1. The van der Waals surface area contributed by atoms with Gasteiger partial charge in [-0.2, -0.15) is 0 Å². The monoisotopic (exact) mass is 679 g/mol. The highest BCUT2D eigenvalue weighted by Crippen LogP contribution is 2.39. The predicted octanol–water partition coefficient (Wildman–Crippen LogP) is 8.09. The fourth-order valence-corrected chi connectivity index (χ4v) is 6.10. The number of carbonyl (C=O) groups excluding carboxylic acids is 3. The van der Waals surface area contributed by atoms with Crippen LogP contribution in [0.5, 0.6) is 11.5 Å². The Morgan fingerprint density at radius 3 is 2.25 bits per heavy atom. The van der Waals surface area contributed by atoms with E-state index in [1.807, 2.05) is 36.4 Å². The average Bonchev–Trinajstić information content (AvgIpc) is 3.57. The van der Waals surface area contributed by atoms with Gasteiger partial charge in [0.2, 0.25) is 12.7 Å². The summed E-state index contributed by atoms with van der Waals surface area (Å²) in [6.07, 6.45) is 1.19. The van der Waals surface area contributed by atoms with Crippen LogP contribution in [0, 0.1) is 5.82 Å². The van der Waals surface area contributed by atoms with Gasteiger partial charge < -0.3 is 25.4 Å². The molecule has 0 fully saturated rings. The summed E-state index contributed by atoms with van der Waals surface area (Å²) in [6, 6.07) is 33.9. The number of anilines is 2. The van der Waals surface area contributed by atoms with E-state index < -0.39 is 22.9 Å². The zero-order chi connectivity index (χ0) is 33.5. The van der Waals surface area contributed by atoms with Gasteiger partial charge in [0.25, 0.3) is 11.8 Å². The van der Waals surface area contributed by atoms with Crippen LogP contribution >= 0.6 is 23.4 Å². The first-order valence-electron chi connectivity index (χ1n) is 14.7. The maximum absolute atomic E-state index is 14.7. The molecule has 0 bridgehead atoms. The number of ether oxygens (including phenoxy) is 2. The second-order valence-corrected chi connectivity index (χ2v) is 12.0. The van der Waals surface area contributed by atoms with E-state index in [1.165, 1.54) is 36.0 Å². The minimum atomic E-state index is -0.707. The Morgan fingerprint density at radius 1 is 0.771 bits per heavy atom. The van der Waals surface area contributed by atoms with Gasteiger partial charge in [0, 0.05) is 33.5 Å². The summed E-state index contributed by atoms with van der Waals surface area (Å²) in [5.74, 6) is -1.05. The van der Waals surface area contributed by atoms with Gasteiger partial charge in [0.1, 0.15) is 16.8 Å². The maximum Gasteiger partial charge on any atom is 0.272 e. The topological polar surface area (TPSA) is 106 Å². The standard InChI is InChI=1S/C37H27ClFN3O5S/c38-29-15-8-16-30(39)28(29)21-31(42-35(43)24-11-5-2-6-12-24)36(44)40-25-13-7-14-27(19-25)48-34(23-9-3-1-4-10-23)37(45)41-26-17-18-32-33(20-26)47-22-46-32/h1-21,34H,22H2,(H,40,44)(H,41,45)(H,42,43)/b31-21+. The Bertz CT molecular complexity index is 1990. The molecule has 1 unspecified atom stereocenters. The summed E-state index contributed by atoms with van der Waals surface area (Å²) in [4.78, 5) is 41.0. The first kappa shape index (κ1) is 32.4. The van der Waals surface area contributed by atoms with Gasteiger partial charge >= 0.3 is 0 Å². The summed E-state index contributed by atoms with van der Waals surface area (Å²) in [5, 5.41) is 7.73. The molecule has 0 aliphatic carbocycles. The number of nitrogens with one attached hydrogen (secondary N) is 3. The smallest absolute Gasteiger partial charge is 0.272 e. The fourth-order valence-electron chi connectivity index (χ4n) is 4.80. The first-order valence-corrected chi connectivity index (χ1v) is 16.0. The summed E-state index contributed by atoms with van der Waals surface area (Å²) in [5.41, 5.74) is 1.73. The Kier molecular flexibility index (Phi) is 10.0. The minimum absolute atomic E-state index is 0.0545. The van der Waals surface area contributed by atoms with E-state index in [-0.39, 0.29) is 29.0 Å². The Labute approximate surface area is 284 Å². The summed E-state index contributed by atoms with van der Waals surface area (Å²) in [7, 11) is 0. The third-order valence-electron chi connectivity index (χ3n) is 7.14. The highest BCUT2D eigenvalue weighted by Gasteiger charge is 2.24. The van der Waals surface area contributed by atoms with Crippen LogP contribution in [0.15, 0.2) is 132 Å². The van der Waals surface area contributed by atoms with Crippen LogP contribution in [-0.2, 0) is 9.59 Å². The normalized spacial score (nSPS) is 12.6. The van der Waals surface area contributed by atoms with Crippen LogP contribution in [-0.4, -0.2) is 24.5 Å². The largest absolute Gasteiger partial charge is 0.454 e. The van der Waals surface area contributed by atoms with E-state index in [4.69, 9.17) is 21.1 Å². The van der Waals surface area contributed by atoms with Gasteiger partial charge in [-0.05, 0) is 66.2 Å². The van der Waals surface area contributed by atoms with Crippen LogP contribution in [0.4, 0.5) is 15.8 Å². The average molecular weight is 680 g/mol. The van der Waals surface area contributed by atoms with E-state index in [9.17, 15) is 18.8 Å². The van der Waals surface area contributed by atoms with Gasteiger partial charge in [-0.1, -0.05) is 72.3 Å². The fraction of sp³-hybridized carbons (Fsp3) is 0.0541. The van der Waals surface area contributed by atoms with Gasteiger partial charge in [0.05, 0.1) is 5.02 Å². The van der Waals surface area contributed by atoms with Crippen molar-refractivity contribution in [2.75, 3.05) is 17.4 Å². The lowest BCUT2D eigenvalue weighted by Gasteiger charge is -2.18. The van der Waals surface area contributed by atoms with Crippen molar-refractivity contribution >= 4 is 58.5 Å². The minimum Gasteiger partial charge on any atom is -0.454 e. The molecule has 0 saturated carbocycles. The highest BCUT2D eigenvalue weighted by molar-refractivity contribution is 8.00. The summed E-state index contributed by atoms with van der Waals surface area (Å²) < 4.78 is 25.5. The van der Waals surface area contributed by atoms with Crippen LogP contribution < -0.4 is 25.4 Å². The van der Waals surface area contributed by atoms with Crippen molar-refractivity contribution < 1.29 is 28.2 Å². The molecule has 1 heterocycles. The molecule has 0 radical (unpaired) electrons. The third kappa shape index (κ3) is 7.86. The Morgan fingerprint density at radius 2 is 1.48 bits per heavy atom. The molecule has 8 nitrogen and oxygen atoms in total. The quantitative estimate of drug-likeness (QED) is 0.102. The molecule has 1 atom stereocenters. The zero-order valence-electron chi connectivity index (χ0n) is 25.1. The first-order chi connectivity index (χ1) is 23.3. The Balaban J connectivity index is 1.24. The molecule has 240 valence electrons. The SMILES string of the molecule is O=C(Nc1cccc(SC(C(=O)Nc2ccc3c(c2)OCO3)c2ccccc2)c1)/C(=C\c1c(F)cccc1Cl)NC(=O)c1ccccc1. The van der Waals surface area contributed by atoms with Crippen molar-refractivity contribution in [2.45, 2.75) is 10.1 Å². The lowest BCUT2D eigenvalue weighted by atomic mass is 10.1. The van der Waals surface area contributed by atoms with Crippen molar-refractivity contribution in [1.82, 2.24) is 5.32 Å². The van der Waals surface area contributed by atoms with Gasteiger partial charge in [-0.25, -0.2) is 4.39 Å². The van der Waals surface area contributed by atoms with Gasteiger partial charge in [-0.15, -0.1) is 11.8 Å². The number of fused-ring (bicyclic) bond motifs is 1. The predicted molar refractivity (Wildman–Crippen MR) is 185 cm³/mol. The van der Waals surface area contributed by atoms with Crippen LogP contribution in [0.25, 0.3) is 6.08 Å². The van der Waals surface area contributed by atoms with Crippen molar-refractivity contribution in [2.24, 2.45) is 0 Å². The molecule has 6 rings (SSSR count). The number of hydrogen-bond donors (Lipinski definition) is 3. The van der Waals surface area contributed by atoms with E-state index in [0.29, 0.717) is 33.3 Å². The zero-order valence-corrected chi connectivity index (χ0v) is 26.7. The number of benzene rings is 5. The summed E-state index contributed by atoms with van der Waals surface area (Å²) in [6.45, 7) is 0.121. The van der Waals surface area contributed by atoms with Crippen molar-refractivity contribution in [3.8, 4) is 11.5 Å². The second kappa shape index (κ2) is 14.9. The molecule has 11 heteroatoms. The number of hydrogen-bond acceptors (Lipinski definition) is 6. The van der Waals surface area contributed by atoms with Crippen molar-refractivity contribution in [3.63, 3.8) is 0 Å². The van der Waals surface area contributed by atoms with Crippen LogP contribution in [0.1, 0.15) is 26.7 Å². The van der Waals surface area contributed by atoms with Gasteiger partial charge in [-0.3, -0.25) is 14.4 Å². The number of amides is 3. The van der Waals surface area contributed by atoms with Crippen molar-refractivity contribution in [3.05, 3.63) is 155 Å². The number of carbonyl (C=O) groups is 3. The maximum atomic E-state index is 14.7. The van der Waals surface area contributed by atoms with Crippen molar-refractivity contribution in [1.29, 1.82) is 0 Å². The second-order valence-electron chi connectivity index (χ2n) is 10.5. The van der Waals surface area contributed by atoms with E-state index in [1.54, 1.807) is 66.7 Å². The molecule has 1 aliphatic heterocycles. The lowest BCUT2D eigenvalue weighted by Crippen LogP contribution is -2.30. The van der Waals surface area contributed by atoms with E-state index >= 15 is 0 Å². The molecular weight excluding hydrogens is 653 g/mol. The molecule has 0 aromatic heterocycles. The number of rotatable bonds is 10. The van der Waals surface area contributed by atoms with E-state index in [2.05, 4.69) is 16.0 Å². The summed E-state index contributed by atoms with van der Waals surface area (Å²) >= 11 is 7.52. The molecule has 3 N–H and O–H groups in total. The molecule has 5 aromatic rings. The molecule has 5 aromatic carbocycles. The molecule has 3 amide bonds.